The van der Waals surface area contributed by atoms with Gasteiger partial charge in [0.25, 0.3) is 0 Å². The standard InChI is InChI=1S/C16H18FNO/c1-10-4-7-14(16(19-3)11(10)2)15-8-13(17)6-5-12(15)9-18/h4-8H,9,18H2,1-3H3. The van der Waals surface area contributed by atoms with Crippen molar-refractivity contribution in [2.45, 2.75) is 20.4 Å². The average Bonchev–Trinajstić information content (AvgIpc) is 2.41. The van der Waals surface area contributed by atoms with Crippen molar-refractivity contribution in [1.29, 1.82) is 0 Å². The van der Waals surface area contributed by atoms with Crippen LogP contribution in [0.25, 0.3) is 11.1 Å². The van der Waals surface area contributed by atoms with E-state index in [2.05, 4.69) is 0 Å². The van der Waals surface area contributed by atoms with E-state index in [1.54, 1.807) is 13.2 Å². The van der Waals surface area contributed by atoms with E-state index < -0.39 is 0 Å². The van der Waals surface area contributed by atoms with Gasteiger partial charge in [0.05, 0.1) is 7.11 Å². The summed E-state index contributed by atoms with van der Waals surface area (Å²) in [6.45, 7) is 4.39. The van der Waals surface area contributed by atoms with Crippen molar-refractivity contribution in [2.75, 3.05) is 7.11 Å². The van der Waals surface area contributed by atoms with E-state index in [1.165, 1.54) is 12.1 Å². The summed E-state index contributed by atoms with van der Waals surface area (Å²) >= 11 is 0. The van der Waals surface area contributed by atoms with Crippen LogP contribution in [0.5, 0.6) is 5.75 Å². The number of benzene rings is 2. The Labute approximate surface area is 113 Å². The molecule has 2 aromatic carbocycles. The lowest BCUT2D eigenvalue weighted by Gasteiger charge is -2.16. The number of rotatable bonds is 3. The SMILES string of the molecule is COc1c(-c2cc(F)ccc2CN)ccc(C)c1C. The van der Waals surface area contributed by atoms with Gasteiger partial charge in [-0.05, 0) is 48.2 Å². The molecule has 0 aliphatic rings. The van der Waals surface area contributed by atoms with Crippen molar-refractivity contribution in [2.24, 2.45) is 5.73 Å². The molecular formula is C16H18FNO. The van der Waals surface area contributed by atoms with Gasteiger partial charge in [0.2, 0.25) is 0 Å². The highest BCUT2D eigenvalue weighted by molar-refractivity contribution is 5.75. The monoisotopic (exact) mass is 259 g/mol. The molecule has 2 nitrogen and oxygen atoms in total. The minimum Gasteiger partial charge on any atom is -0.496 e. The molecular weight excluding hydrogens is 241 g/mol. The van der Waals surface area contributed by atoms with Crippen LogP contribution in [0, 0.1) is 19.7 Å². The fourth-order valence-electron chi connectivity index (χ4n) is 2.24. The molecule has 2 N–H and O–H groups in total. The molecule has 0 unspecified atom stereocenters. The molecule has 0 bridgehead atoms. The van der Waals surface area contributed by atoms with E-state index in [1.807, 2.05) is 26.0 Å². The molecule has 19 heavy (non-hydrogen) atoms. The zero-order chi connectivity index (χ0) is 14.0. The molecule has 0 saturated heterocycles. The number of ether oxygens (including phenoxy) is 1. The van der Waals surface area contributed by atoms with Gasteiger partial charge in [0.1, 0.15) is 11.6 Å². The van der Waals surface area contributed by atoms with Crippen molar-refractivity contribution in [1.82, 2.24) is 0 Å². The minimum atomic E-state index is -0.271. The molecule has 0 amide bonds. The van der Waals surface area contributed by atoms with Crippen molar-refractivity contribution >= 4 is 0 Å². The van der Waals surface area contributed by atoms with Gasteiger partial charge in [0, 0.05) is 12.1 Å². The molecule has 2 aromatic rings. The average molecular weight is 259 g/mol. The fourth-order valence-corrected chi connectivity index (χ4v) is 2.24. The molecule has 3 heteroatoms. The Balaban J connectivity index is 2.71. The number of hydrogen-bond donors (Lipinski definition) is 1. The predicted octanol–water partition coefficient (Wildman–Crippen LogP) is 3.58. The van der Waals surface area contributed by atoms with Crippen LogP contribution in [0.1, 0.15) is 16.7 Å². The lowest BCUT2D eigenvalue weighted by Crippen LogP contribution is -2.01. The van der Waals surface area contributed by atoms with Gasteiger partial charge in [-0.3, -0.25) is 0 Å². The highest BCUT2D eigenvalue weighted by atomic mass is 19.1. The van der Waals surface area contributed by atoms with Crippen LogP contribution in [-0.2, 0) is 6.54 Å². The van der Waals surface area contributed by atoms with Crippen LogP contribution >= 0.6 is 0 Å². The first-order chi connectivity index (χ1) is 9.08. The molecule has 0 heterocycles. The topological polar surface area (TPSA) is 35.2 Å². The van der Waals surface area contributed by atoms with E-state index in [4.69, 9.17) is 10.5 Å². The van der Waals surface area contributed by atoms with Gasteiger partial charge >= 0.3 is 0 Å². The summed E-state index contributed by atoms with van der Waals surface area (Å²) in [7, 11) is 1.63. The molecule has 0 radical (unpaired) electrons. The zero-order valence-corrected chi connectivity index (χ0v) is 11.5. The summed E-state index contributed by atoms with van der Waals surface area (Å²) in [5.74, 6) is 0.507. The molecule has 0 fully saturated rings. The Morgan fingerprint density at radius 1 is 1.11 bits per heavy atom. The first-order valence-electron chi connectivity index (χ1n) is 6.21. The second kappa shape index (κ2) is 5.41. The highest BCUT2D eigenvalue weighted by Gasteiger charge is 2.13. The van der Waals surface area contributed by atoms with Gasteiger partial charge in [-0.2, -0.15) is 0 Å². The number of aryl methyl sites for hydroxylation is 1. The lowest BCUT2D eigenvalue weighted by molar-refractivity contribution is 0.413. The Bertz CT molecular complexity index is 608. The summed E-state index contributed by atoms with van der Waals surface area (Å²) in [4.78, 5) is 0. The van der Waals surface area contributed by atoms with Crippen LogP contribution in [0.2, 0.25) is 0 Å². The van der Waals surface area contributed by atoms with Crippen LogP contribution < -0.4 is 10.5 Å². The maximum absolute atomic E-state index is 13.5. The van der Waals surface area contributed by atoms with Gasteiger partial charge in [0.15, 0.2) is 0 Å². The predicted molar refractivity (Wildman–Crippen MR) is 75.8 cm³/mol. The van der Waals surface area contributed by atoms with Crippen molar-refractivity contribution < 1.29 is 9.13 Å². The second-order valence-electron chi connectivity index (χ2n) is 4.59. The third kappa shape index (κ3) is 2.47. The van der Waals surface area contributed by atoms with Crippen LogP contribution in [0.15, 0.2) is 30.3 Å². The summed E-state index contributed by atoms with van der Waals surface area (Å²) in [5.41, 5.74) is 10.5. The smallest absolute Gasteiger partial charge is 0.129 e. The summed E-state index contributed by atoms with van der Waals surface area (Å²) in [5, 5.41) is 0. The van der Waals surface area contributed by atoms with Crippen LogP contribution in [-0.4, -0.2) is 7.11 Å². The molecule has 0 atom stereocenters. The largest absolute Gasteiger partial charge is 0.496 e. The molecule has 0 aliphatic carbocycles. The van der Waals surface area contributed by atoms with E-state index in [9.17, 15) is 4.39 Å². The van der Waals surface area contributed by atoms with Crippen molar-refractivity contribution in [3.8, 4) is 16.9 Å². The first kappa shape index (κ1) is 13.6. The molecule has 0 aromatic heterocycles. The normalized spacial score (nSPS) is 10.6. The summed E-state index contributed by atoms with van der Waals surface area (Å²) in [6.07, 6.45) is 0. The van der Waals surface area contributed by atoms with Crippen LogP contribution in [0.3, 0.4) is 0 Å². The van der Waals surface area contributed by atoms with Crippen molar-refractivity contribution in [3.05, 3.63) is 52.8 Å². The Kier molecular flexibility index (Phi) is 3.86. The fraction of sp³-hybridized carbons (Fsp3) is 0.250. The second-order valence-corrected chi connectivity index (χ2v) is 4.59. The summed E-state index contributed by atoms with van der Waals surface area (Å²) < 4.78 is 19.0. The number of methoxy groups -OCH3 is 1. The molecule has 0 aliphatic heterocycles. The van der Waals surface area contributed by atoms with E-state index >= 15 is 0 Å². The lowest BCUT2D eigenvalue weighted by atomic mass is 9.95. The molecule has 0 spiro atoms. The van der Waals surface area contributed by atoms with Gasteiger partial charge < -0.3 is 10.5 Å². The zero-order valence-electron chi connectivity index (χ0n) is 11.5. The van der Waals surface area contributed by atoms with Crippen LogP contribution in [0.4, 0.5) is 4.39 Å². The molecule has 2 rings (SSSR count). The number of hydrogen-bond acceptors (Lipinski definition) is 2. The maximum atomic E-state index is 13.5. The van der Waals surface area contributed by atoms with Crippen molar-refractivity contribution in [3.63, 3.8) is 0 Å². The van der Waals surface area contributed by atoms with E-state index in [0.717, 1.165) is 33.6 Å². The number of halogens is 1. The third-order valence-corrected chi connectivity index (χ3v) is 3.46. The van der Waals surface area contributed by atoms with E-state index in [0.29, 0.717) is 6.54 Å². The summed E-state index contributed by atoms with van der Waals surface area (Å²) in [6, 6.07) is 8.63. The third-order valence-electron chi connectivity index (χ3n) is 3.46. The van der Waals surface area contributed by atoms with Gasteiger partial charge in [-0.1, -0.05) is 18.2 Å². The quantitative estimate of drug-likeness (QED) is 0.914. The maximum Gasteiger partial charge on any atom is 0.129 e. The Hall–Kier alpha value is -1.87. The Morgan fingerprint density at radius 2 is 1.84 bits per heavy atom. The van der Waals surface area contributed by atoms with Gasteiger partial charge in [-0.25, -0.2) is 4.39 Å². The number of nitrogens with two attached hydrogens (primary N) is 1. The minimum absolute atomic E-state index is 0.271. The first-order valence-corrected chi connectivity index (χ1v) is 6.21. The highest BCUT2D eigenvalue weighted by Crippen LogP contribution is 2.36. The van der Waals surface area contributed by atoms with E-state index in [-0.39, 0.29) is 5.82 Å². The van der Waals surface area contributed by atoms with Gasteiger partial charge in [-0.15, -0.1) is 0 Å². The molecule has 100 valence electrons. The Morgan fingerprint density at radius 3 is 2.47 bits per heavy atom. The molecule has 0 saturated carbocycles.